The van der Waals surface area contributed by atoms with E-state index in [9.17, 15) is 14.7 Å². The second-order valence-electron chi connectivity index (χ2n) is 4.24. The second kappa shape index (κ2) is 5.96. The van der Waals surface area contributed by atoms with E-state index in [0.717, 1.165) is 0 Å². The molecule has 0 aliphatic heterocycles. The number of carboxylic acid groups (broad SMARTS) is 1. The molecule has 0 aliphatic carbocycles. The number of rotatable bonds is 5. The maximum atomic E-state index is 12.1. The highest BCUT2D eigenvalue weighted by Gasteiger charge is 2.25. The number of carbonyl (C=O) groups is 2. The van der Waals surface area contributed by atoms with E-state index in [2.05, 4.69) is 15.4 Å². The van der Waals surface area contributed by atoms with Crippen LogP contribution in [-0.4, -0.2) is 31.7 Å². The lowest BCUT2D eigenvalue weighted by molar-refractivity contribution is -0.142. The molecule has 2 aromatic rings. The van der Waals surface area contributed by atoms with Gasteiger partial charge in [0.1, 0.15) is 18.7 Å². The van der Waals surface area contributed by atoms with Crippen molar-refractivity contribution < 1.29 is 14.7 Å². The molecule has 7 heteroatoms. The van der Waals surface area contributed by atoms with Crippen LogP contribution >= 0.6 is 0 Å². The van der Waals surface area contributed by atoms with Crippen LogP contribution in [0.1, 0.15) is 24.6 Å². The zero-order chi connectivity index (χ0) is 14.5. The Hall–Kier alpha value is -2.70. The number of carbonyl (C=O) groups excluding carboxylic acids is 1. The van der Waals surface area contributed by atoms with Crippen molar-refractivity contribution in [2.45, 2.75) is 19.0 Å². The minimum atomic E-state index is -1.12. The first-order valence-corrected chi connectivity index (χ1v) is 6.02. The fraction of sp³-hybridized carbons (Fsp3) is 0.231. The lowest BCUT2D eigenvalue weighted by atomic mass is 10.1. The Morgan fingerprint density at radius 1 is 1.30 bits per heavy atom. The summed E-state index contributed by atoms with van der Waals surface area (Å²) in [4.78, 5) is 27.1. The van der Waals surface area contributed by atoms with Gasteiger partial charge in [0, 0.05) is 0 Å². The van der Waals surface area contributed by atoms with E-state index >= 15 is 0 Å². The Balaban J connectivity index is 2.13. The first-order valence-electron chi connectivity index (χ1n) is 6.02. The van der Waals surface area contributed by atoms with Crippen molar-refractivity contribution in [2.24, 2.45) is 0 Å². The van der Waals surface area contributed by atoms with Crippen molar-refractivity contribution in [3.05, 3.63) is 48.5 Å². The molecule has 2 atom stereocenters. The van der Waals surface area contributed by atoms with Crippen molar-refractivity contribution in [2.75, 3.05) is 0 Å². The molecule has 7 nitrogen and oxygen atoms in total. The Morgan fingerprint density at radius 3 is 2.55 bits per heavy atom. The smallest absolute Gasteiger partial charge is 0.330 e. The summed E-state index contributed by atoms with van der Waals surface area (Å²) in [5.41, 5.74) is 0.513. The highest BCUT2D eigenvalue weighted by Crippen LogP contribution is 2.14. The molecule has 0 bridgehead atoms. The Labute approximate surface area is 115 Å². The van der Waals surface area contributed by atoms with Crippen molar-refractivity contribution in [1.29, 1.82) is 0 Å². The summed E-state index contributed by atoms with van der Waals surface area (Å²) in [6, 6.07) is 6.80. The van der Waals surface area contributed by atoms with Gasteiger partial charge in [0.25, 0.3) is 0 Å². The van der Waals surface area contributed by atoms with Gasteiger partial charge in [-0.05, 0) is 12.5 Å². The first kappa shape index (κ1) is 13.7. The topological polar surface area (TPSA) is 97.1 Å². The summed E-state index contributed by atoms with van der Waals surface area (Å²) < 4.78 is 1.36. The molecule has 0 radical (unpaired) electrons. The average molecular weight is 274 g/mol. The molecule has 0 saturated heterocycles. The molecular formula is C13H14N4O3. The summed E-state index contributed by atoms with van der Waals surface area (Å²) in [5, 5.41) is 15.6. The van der Waals surface area contributed by atoms with Crippen LogP contribution in [-0.2, 0) is 9.59 Å². The van der Waals surface area contributed by atoms with Gasteiger partial charge in [-0.3, -0.25) is 4.79 Å². The minimum absolute atomic E-state index is 0.438. The number of carboxylic acids is 1. The number of hydrogen-bond acceptors (Lipinski definition) is 4. The number of hydrogen-bond donors (Lipinski definition) is 2. The average Bonchev–Trinajstić information content (AvgIpc) is 2.98. The predicted octanol–water partition coefficient (Wildman–Crippen LogP) is 0.781. The standard InChI is InChI=1S/C13H14N4O3/c1-9(17-8-14-7-15-17)12(18)16-11(13(19)20)10-5-3-2-4-6-10/h2-9,11H,1H3,(H,16,18)(H,19,20)/t9?,11-/m0/s1. The highest BCUT2D eigenvalue weighted by atomic mass is 16.4. The number of nitrogens with zero attached hydrogens (tertiary/aromatic N) is 3. The monoisotopic (exact) mass is 274 g/mol. The fourth-order valence-electron chi connectivity index (χ4n) is 1.73. The number of benzene rings is 1. The van der Waals surface area contributed by atoms with Gasteiger partial charge in [0.05, 0.1) is 0 Å². The van der Waals surface area contributed by atoms with Crippen LogP contribution in [0.4, 0.5) is 0 Å². The summed E-state index contributed by atoms with van der Waals surface area (Å²) in [5.74, 6) is -1.55. The number of nitrogens with one attached hydrogen (secondary N) is 1. The van der Waals surface area contributed by atoms with E-state index in [1.807, 2.05) is 0 Å². The molecule has 1 heterocycles. The van der Waals surface area contributed by atoms with Gasteiger partial charge in [-0.15, -0.1) is 0 Å². The van der Waals surface area contributed by atoms with Gasteiger partial charge >= 0.3 is 5.97 Å². The van der Waals surface area contributed by atoms with E-state index < -0.39 is 24.0 Å². The van der Waals surface area contributed by atoms with E-state index in [1.165, 1.54) is 17.3 Å². The molecule has 2 N–H and O–H groups in total. The fourth-order valence-corrected chi connectivity index (χ4v) is 1.73. The van der Waals surface area contributed by atoms with E-state index in [0.29, 0.717) is 5.56 Å². The van der Waals surface area contributed by atoms with Crippen LogP contribution in [0.5, 0.6) is 0 Å². The number of amides is 1. The Morgan fingerprint density at radius 2 is 2.00 bits per heavy atom. The third-order valence-electron chi connectivity index (χ3n) is 2.88. The van der Waals surface area contributed by atoms with Gasteiger partial charge in [0.2, 0.25) is 5.91 Å². The number of aromatic nitrogens is 3. The minimum Gasteiger partial charge on any atom is -0.479 e. The van der Waals surface area contributed by atoms with Crippen LogP contribution in [0.2, 0.25) is 0 Å². The van der Waals surface area contributed by atoms with Gasteiger partial charge < -0.3 is 10.4 Å². The predicted molar refractivity (Wildman–Crippen MR) is 69.7 cm³/mol. The number of aliphatic carboxylic acids is 1. The summed E-state index contributed by atoms with van der Waals surface area (Å²) in [6.45, 7) is 1.62. The lowest BCUT2D eigenvalue weighted by Gasteiger charge is -2.18. The van der Waals surface area contributed by atoms with Crippen molar-refractivity contribution in [3.63, 3.8) is 0 Å². The Kier molecular flexibility index (Phi) is 4.09. The zero-order valence-electron chi connectivity index (χ0n) is 10.8. The Bertz CT molecular complexity index is 583. The molecule has 104 valence electrons. The van der Waals surface area contributed by atoms with E-state index in [1.54, 1.807) is 37.3 Å². The molecule has 1 aromatic carbocycles. The molecule has 20 heavy (non-hydrogen) atoms. The lowest BCUT2D eigenvalue weighted by Crippen LogP contribution is -2.37. The summed E-state index contributed by atoms with van der Waals surface area (Å²) >= 11 is 0. The van der Waals surface area contributed by atoms with Gasteiger partial charge in [-0.1, -0.05) is 30.3 Å². The molecule has 0 aliphatic rings. The van der Waals surface area contributed by atoms with Crippen LogP contribution in [0, 0.1) is 0 Å². The third kappa shape index (κ3) is 3.00. The van der Waals surface area contributed by atoms with Gasteiger partial charge in [0.15, 0.2) is 6.04 Å². The highest BCUT2D eigenvalue weighted by molar-refractivity contribution is 5.86. The second-order valence-corrected chi connectivity index (χ2v) is 4.24. The van der Waals surface area contributed by atoms with Crippen LogP contribution < -0.4 is 5.32 Å². The summed E-state index contributed by atoms with van der Waals surface area (Å²) in [7, 11) is 0. The maximum absolute atomic E-state index is 12.1. The maximum Gasteiger partial charge on any atom is 0.330 e. The van der Waals surface area contributed by atoms with Crippen LogP contribution in [0.25, 0.3) is 0 Å². The SMILES string of the molecule is CC(C(=O)N[C@H](C(=O)O)c1ccccc1)n1cncn1. The quantitative estimate of drug-likeness (QED) is 0.839. The molecular weight excluding hydrogens is 260 g/mol. The molecule has 0 spiro atoms. The molecule has 0 fully saturated rings. The normalized spacial score (nSPS) is 13.4. The van der Waals surface area contributed by atoms with Crippen molar-refractivity contribution in [3.8, 4) is 0 Å². The summed E-state index contributed by atoms with van der Waals surface area (Å²) in [6.07, 6.45) is 2.72. The molecule has 0 saturated carbocycles. The van der Waals surface area contributed by atoms with Crippen LogP contribution in [0.3, 0.4) is 0 Å². The largest absolute Gasteiger partial charge is 0.479 e. The molecule has 1 aromatic heterocycles. The zero-order valence-corrected chi connectivity index (χ0v) is 10.8. The van der Waals surface area contributed by atoms with Gasteiger partial charge in [-0.25, -0.2) is 14.5 Å². The van der Waals surface area contributed by atoms with Crippen molar-refractivity contribution >= 4 is 11.9 Å². The van der Waals surface area contributed by atoms with Crippen molar-refractivity contribution in [1.82, 2.24) is 20.1 Å². The molecule has 2 rings (SSSR count). The van der Waals surface area contributed by atoms with Gasteiger partial charge in [-0.2, -0.15) is 5.10 Å². The molecule has 1 unspecified atom stereocenters. The van der Waals surface area contributed by atoms with E-state index in [4.69, 9.17) is 0 Å². The van der Waals surface area contributed by atoms with E-state index in [-0.39, 0.29) is 0 Å². The third-order valence-corrected chi connectivity index (χ3v) is 2.88. The van der Waals surface area contributed by atoms with Crippen LogP contribution in [0.15, 0.2) is 43.0 Å². The first-order chi connectivity index (χ1) is 9.59. The molecule has 1 amide bonds.